The van der Waals surface area contributed by atoms with E-state index in [9.17, 15) is 4.79 Å². The molecule has 0 saturated carbocycles. The first kappa shape index (κ1) is 19.9. The molecule has 154 valence electrons. The molecule has 0 aliphatic carbocycles. The highest BCUT2D eigenvalue weighted by Crippen LogP contribution is 2.32. The van der Waals surface area contributed by atoms with Crippen LogP contribution in [0.2, 0.25) is 0 Å². The lowest BCUT2D eigenvalue weighted by Gasteiger charge is -2.20. The Balaban J connectivity index is 1.28. The van der Waals surface area contributed by atoms with Crippen molar-refractivity contribution in [1.29, 1.82) is 0 Å². The van der Waals surface area contributed by atoms with Crippen LogP contribution >= 0.6 is 0 Å². The molecule has 2 saturated heterocycles. The number of rotatable bonds is 5. The van der Waals surface area contributed by atoms with Crippen molar-refractivity contribution >= 4 is 6.09 Å². The van der Waals surface area contributed by atoms with Crippen LogP contribution in [0, 0.1) is 0 Å². The largest absolute Gasteiger partial charge is 0.455 e. The maximum absolute atomic E-state index is 12.5. The summed E-state index contributed by atoms with van der Waals surface area (Å²) in [5.41, 5.74) is 4.74. The fourth-order valence-corrected chi connectivity index (χ4v) is 3.69. The van der Waals surface area contributed by atoms with E-state index < -0.39 is 6.09 Å². The van der Waals surface area contributed by atoms with Gasteiger partial charge in [0.25, 0.3) is 0 Å². The first-order valence-electron chi connectivity index (χ1n) is 10.4. The average Bonchev–Trinajstić information content (AvgIpc) is 3.44. The molecule has 2 heterocycles. The zero-order valence-corrected chi connectivity index (χ0v) is 17.0. The Morgan fingerprint density at radius 2 is 1.38 bits per heavy atom. The molecule has 4 rings (SSSR count). The molecule has 0 radical (unpaired) electrons. The highest BCUT2D eigenvalue weighted by molar-refractivity contribution is 5.66. The fourth-order valence-electron chi connectivity index (χ4n) is 3.69. The second-order valence-corrected chi connectivity index (χ2v) is 7.47. The summed E-state index contributed by atoms with van der Waals surface area (Å²) in [6.07, 6.45) is 2.76. The van der Waals surface area contributed by atoms with Crippen LogP contribution in [0.15, 0.2) is 48.5 Å². The molecule has 2 aromatic carbocycles. The van der Waals surface area contributed by atoms with Gasteiger partial charge in [-0.1, -0.05) is 62.4 Å². The maximum atomic E-state index is 12.5. The zero-order chi connectivity index (χ0) is 20.2. The van der Waals surface area contributed by atoms with Gasteiger partial charge in [-0.2, -0.15) is 5.06 Å². The number of hydrogen-bond donors (Lipinski definition) is 0. The van der Waals surface area contributed by atoms with Crippen molar-refractivity contribution in [3.63, 3.8) is 0 Å². The maximum Gasteiger partial charge on any atom is 0.455 e. The van der Waals surface area contributed by atoms with E-state index in [2.05, 4.69) is 62.4 Å². The molecule has 0 spiro atoms. The summed E-state index contributed by atoms with van der Waals surface area (Å²) in [6, 6.07) is 16.7. The Morgan fingerprint density at radius 3 is 1.93 bits per heavy atom. The molecular formula is C23H28N2O4. The Morgan fingerprint density at radius 1 is 0.862 bits per heavy atom. The summed E-state index contributed by atoms with van der Waals surface area (Å²) in [4.78, 5) is 29.5. The van der Waals surface area contributed by atoms with E-state index in [0.717, 1.165) is 36.8 Å². The van der Waals surface area contributed by atoms with Crippen molar-refractivity contribution in [2.75, 3.05) is 13.1 Å². The molecule has 2 unspecified atom stereocenters. The van der Waals surface area contributed by atoms with Crippen LogP contribution in [0.1, 0.15) is 61.2 Å². The molecule has 2 aromatic rings. The molecule has 0 bridgehead atoms. The van der Waals surface area contributed by atoms with Gasteiger partial charge in [-0.05, 0) is 46.7 Å². The molecule has 6 nitrogen and oxygen atoms in total. The van der Waals surface area contributed by atoms with Crippen molar-refractivity contribution in [3.8, 4) is 0 Å². The van der Waals surface area contributed by atoms with Gasteiger partial charge in [0.05, 0.1) is 13.1 Å². The Hall–Kier alpha value is -2.41. The summed E-state index contributed by atoms with van der Waals surface area (Å²) in [7, 11) is 0. The third-order valence-corrected chi connectivity index (χ3v) is 5.57. The Labute approximate surface area is 171 Å². The van der Waals surface area contributed by atoms with E-state index in [1.165, 1.54) is 21.4 Å². The van der Waals surface area contributed by atoms with Crippen LogP contribution in [-0.4, -0.2) is 29.5 Å². The third-order valence-electron chi connectivity index (χ3n) is 5.57. The molecule has 6 heteroatoms. The molecule has 2 aliphatic rings. The number of hydroxylamine groups is 4. The summed E-state index contributed by atoms with van der Waals surface area (Å²) in [6.45, 7) is 5.29. The van der Waals surface area contributed by atoms with Gasteiger partial charge < -0.3 is 4.84 Å². The van der Waals surface area contributed by atoms with Crippen LogP contribution in [-0.2, 0) is 27.4 Å². The first-order chi connectivity index (χ1) is 14.2. The summed E-state index contributed by atoms with van der Waals surface area (Å²) >= 11 is 0. The minimum absolute atomic E-state index is 0.0990. The van der Waals surface area contributed by atoms with Crippen molar-refractivity contribution < 1.29 is 19.3 Å². The summed E-state index contributed by atoms with van der Waals surface area (Å²) in [5, 5.41) is 2.55. The molecule has 2 fully saturated rings. The standard InChI is InChI=1S/C23H28N2O4/c1-3-17-5-9-19(10-6-17)21-13-15-24(27-21)23(26)29-25-16-14-22(28-25)20-11-7-18(4-2)8-12-20/h5-12,21-22H,3-4,13-16H2,1-2H3. The van der Waals surface area contributed by atoms with Crippen LogP contribution in [0.5, 0.6) is 0 Å². The van der Waals surface area contributed by atoms with Gasteiger partial charge in [0.2, 0.25) is 0 Å². The van der Waals surface area contributed by atoms with Gasteiger partial charge in [-0.15, -0.1) is 0 Å². The topological polar surface area (TPSA) is 51.2 Å². The van der Waals surface area contributed by atoms with Crippen LogP contribution in [0.4, 0.5) is 4.79 Å². The predicted molar refractivity (Wildman–Crippen MR) is 108 cm³/mol. The van der Waals surface area contributed by atoms with E-state index in [1.807, 2.05) is 0 Å². The smallest absolute Gasteiger partial charge is 0.323 e. The lowest BCUT2D eigenvalue weighted by Crippen LogP contribution is -2.33. The van der Waals surface area contributed by atoms with Gasteiger partial charge in [-0.25, -0.2) is 4.79 Å². The van der Waals surface area contributed by atoms with Crippen molar-refractivity contribution in [1.82, 2.24) is 10.3 Å². The number of carbonyl (C=O) groups excluding carboxylic acids is 1. The van der Waals surface area contributed by atoms with Gasteiger partial charge >= 0.3 is 6.09 Å². The molecule has 1 amide bonds. The third kappa shape index (κ3) is 4.61. The minimum atomic E-state index is -0.542. The van der Waals surface area contributed by atoms with Crippen molar-refractivity contribution in [3.05, 3.63) is 70.8 Å². The highest BCUT2D eigenvalue weighted by Gasteiger charge is 2.34. The van der Waals surface area contributed by atoms with Crippen LogP contribution in [0.25, 0.3) is 0 Å². The number of carbonyl (C=O) groups is 1. The minimum Gasteiger partial charge on any atom is -0.323 e. The summed E-state index contributed by atoms with van der Waals surface area (Å²) in [5.74, 6) is 0. The number of amides is 1. The zero-order valence-electron chi connectivity index (χ0n) is 17.0. The number of benzene rings is 2. The molecular weight excluding hydrogens is 368 g/mol. The second-order valence-electron chi connectivity index (χ2n) is 7.47. The molecule has 2 aliphatic heterocycles. The average molecular weight is 396 g/mol. The van der Waals surface area contributed by atoms with Crippen LogP contribution < -0.4 is 0 Å². The predicted octanol–water partition coefficient (Wildman–Crippen LogP) is 4.92. The molecule has 29 heavy (non-hydrogen) atoms. The first-order valence-corrected chi connectivity index (χ1v) is 10.4. The number of aryl methyl sites for hydroxylation is 2. The fraction of sp³-hybridized carbons (Fsp3) is 0.435. The quantitative estimate of drug-likeness (QED) is 0.718. The Bertz CT molecular complexity index is 822. The normalized spacial score (nSPS) is 22.2. The SMILES string of the molecule is CCc1ccc(C2CCN(OC(=O)N3CCC(c4ccc(CC)cc4)O3)O2)cc1. The van der Waals surface area contributed by atoms with Crippen molar-refractivity contribution in [2.45, 2.75) is 51.7 Å². The van der Waals surface area contributed by atoms with E-state index >= 15 is 0 Å². The van der Waals surface area contributed by atoms with Gasteiger partial charge in [-0.3, -0.25) is 9.68 Å². The van der Waals surface area contributed by atoms with E-state index in [-0.39, 0.29) is 12.2 Å². The second kappa shape index (κ2) is 8.95. The molecule has 2 atom stereocenters. The van der Waals surface area contributed by atoms with Gasteiger partial charge in [0, 0.05) is 6.42 Å². The Kier molecular flexibility index (Phi) is 6.13. The highest BCUT2D eigenvalue weighted by atomic mass is 17.0. The van der Waals surface area contributed by atoms with Crippen LogP contribution in [0.3, 0.4) is 0 Å². The van der Waals surface area contributed by atoms with E-state index in [1.54, 1.807) is 0 Å². The van der Waals surface area contributed by atoms with Crippen molar-refractivity contribution in [2.24, 2.45) is 0 Å². The van der Waals surface area contributed by atoms with Gasteiger partial charge in [0.15, 0.2) is 0 Å². The summed E-state index contributed by atoms with van der Waals surface area (Å²) < 4.78 is 0. The lowest BCUT2D eigenvalue weighted by molar-refractivity contribution is -0.332. The monoisotopic (exact) mass is 396 g/mol. The molecule has 0 aromatic heterocycles. The molecule has 0 N–H and O–H groups in total. The van der Waals surface area contributed by atoms with Gasteiger partial charge in [0.1, 0.15) is 12.2 Å². The lowest BCUT2D eigenvalue weighted by atomic mass is 10.0. The van der Waals surface area contributed by atoms with E-state index in [0.29, 0.717) is 13.1 Å². The number of nitrogens with zero attached hydrogens (tertiary/aromatic N) is 2. The number of hydrogen-bond acceptors (Lipinski definition) is 5. The van der Waals surface area contributed by atoms with E-state index in [4.69, 9.17) is 14.5 Å².